The van der Waals surface area contributed by atoms with Crippen molar-refractivity contribution in [2.24, 2.45) is 15.9 Å². The van der Waals surface area contributed by atoms with Crippen LogP contribution in [0.15, 0.2) is 28.4 Å². The Labute approximate surface area is 104 Å². The van der Waals surface area contributed by atoms with Crippen molar-refractivity contribution in [2.45, 2.75) is 0 Å². The van der Waals surface area contributed by atoms with Crippen LogP contribution >= 0.6 is 11.7 Å². The normalized spacial score (nSPS) is 12.1. The first kappa shape index (κ1) is 11.9. The minimum atomic E-state index is -0.818. The first-order valence-electron chi connectivity index (χ1n) is 4.65. The molecule has 0 aliphatic rings. The predicted octanol–water partition coefficient (Wildman–Crippen LogP) is 0.121. The Bertz CT molecular complexity index is 635. The standard InChI is InChI=1S/C8H7N7O2S/c9-8(12-15(16)17)11-10-4-5-1-2-6-7(3-5)14-18-13-6/h1-4H,(H3,9,11,12)/b10-4+. The highest BCUT2D eigenvalue weighted by Crippen LogP contribution is 2.12. The van der Waals surface area contributed by atoms with E-state index in [1.165, 1.54) is 6.21 Å². The summed E-state index contributed by atoms with van der Waals surface area (Å²) < 4.78 is 8.12. The zero-order valence-electron chi connectivity index (χ0n) is 8.85. The number of nitrogens with one attached hydrogen (secondary N) is 1. The van der Waals surface area contributed by atoms with Gasteiger partial charge in [0.05, 0.1) is 17.9 Å². The van der Waals surface area contributed by atoms with Gasteiger partial charge in [0.15, 0.2) is 5.03 Å². The minimum Gasteiger partial charge on any atom is -0.364 e. The van der Waals surface area contributed by atoms with Crippen molar-refractivity contribution >= 4 is 34.9 Å². The van der Waals surface area contributed by atoms with Gasteiger partial charge in [-0.2, -0.15) is 13.8 Å². The molecule has 0 atom stereocenters. The van der Waals surface area contributed by atoms with Crippen molar-refractivity contribution in [3.8, 4) is 0 Å². The molecule has 0 saturated heterocycles. The van der Waals surface area contributed by atoms with Crippen molar-refractivity contribution in [3.05, 3.63) is 33.9 Å². The number of hydrogen-bond acceptors (Lipinski definition) is 7. The number of nitro groups is 1. The Morgan fingerprint density at radius 2 is 2.28 bits per heavy atom. The van der Waals surface area contributed by atoms with Crippen LogP contribution in [0.5, 0.6) is 0 Å². The van der Waals surface area contributed by atoms with Crippen LogP contribution in [0, 0.1) is 10.1 Å². The van der Waals surface area contributed by atoms with Gasteiger partial charge >= 0.3 is 0 Å². The second kappa shape index (κ2) is 5.14. The lowest BCUT2D eigenvalue weighted by atomic mass is 10.2. The van der Waals surface area contributed by atoms with Gasteiger partial charge in [0.2, 0.25) is 0 Å². The fourth-order valence-electron chi connectivity index (χ4n) is 1.15. The molecule has 3 N–H and O–H groups in total. The van der Waals surface area contributed by atoms with E-state index in [9.17, 15) is 10.1 Å². The van der Waals surface area contributed by atoms with E-state index < -0.39 is 11.0 Å². The van der Waals surface area contributed by atoms with Crippen LogP contribution in [0.1, 0.15) is 5.56 Å². The van der Waals surface area contributed by atoms with E-state index in [-0.39, 0.29) is 0 Å². The number of hydrazine groups is 1. The van der Waals surface area contributed by atoms with Gasteiger partial charge in [-0.05, 0) is 17.7 Å². The Kier molecular flexibility index (Phi) is 3.38. The van der Waals surface area contributed by atoms with Crippen molar-refractivity contribution in [2.75, 3.05) is 0 Å². The second-order valence-corrected chi connectivity index (χ2v) is 3.64. The van der Waals surface area contributed by atoms with Crippen LogP contribution < -0.4 is 11.2 Å². The van der Waals surface area contributed by atoms with Gasteiger partial charge in [-0.3, -0.25) is 0 Å². The molecule has 1 heterocycles. The Hall–Kier alpha value is -2.62. The number of aromatic nitrogens is 2. The fourth-order valence-corrected chi connectivity index (χ4v) is 1.67. The van der Waals surface area contributed by atoms with Gasteiger partial charge in [0.25, 0.3) is 5.96 Å². The third-order valence-electron chi connectivity index (χ3n) is 1.86. The maximum absolute atomic E-state index is 10.0. The topological polar surface area (TPSA) is 132 Å². The second-order valence-electron chi connectivity index (χ2n) is 3.11. The summed E-state index contributed by atoms with van der Waals surface area (Å²) in [7, 11) is 0. The van der Waals surface area contributed by atoms with E-state index in [1.54, 1.807) is 23.6 Å². The van der Waals surface area contributed by atoms with Crippen LogP contribution in [0.3, 0.4) is 0 Å². The summed E-state index contributed by atoms with van der Waals surface area (Å²) in [4.78, 5) is 10.0. The van der Waals surface area contributed by atoms with E-state index >= 15 is 0 Å². The molecular weight excluding hydrogens is 258 g/mol. The highest BCUT2D eigenvalue weighted by molar-refractivity contribution is 7.00. The third kappa shape index (κ3) is 2.95. The number of guanidine groups is 1. The molecule has 2 aromatic rings. The fraction of sp³-hybridized carbons (Fsp3) is 0. The molecule has 2 rings (SSSR count). The first-order valence-corrected chi connectivity index (χ1v) is 5.38. The van der Waals surface area contributed by atoms with Gasteiger partial charge in [-0.15, -0.1) is 5.10 Å². The summed E-state index contributed by atoms with van der Waals surface area (Å²) in [6.07, 6.45) is 1.41. The highest BCUT2D eigenvalue weighted by Gasteiger charge is 1.99. The molecule has 0 aliphatic carbocycles. The van der Waals surface area contributed by atoms with Crippen molar-refractivity contribution in [1.29, 1.82) is 0 Å². The molecule has 10 heteroatoms. The van der Waals surface area contributed by atoms with Gasteiger partial charge in [-0.25, -0.2) is 10.1 Å². The number of nitrogens with two attached hydrogens (primary N) is 1. The molecule has 0 spiro atoms. The SMILES string of the molecule is NC(=N/N=C/c1ccc2nsnc2c1)N[N+](=O)[O-]. The summed E-state index contributed by atoms with van der Waals surface area (Å²) in [5.41, 5.74) is 9.14. The summed E-state index contributed by atoms with van der Waals surface area (Å²) in [6, 6.07) is 5.34. The monoisotopic (exact) mass is 265 g/mol. The molecule has 0 radical (unpaired) electrons. The van der Waals surface area contributed by atoms with Crippen LogP contribution in [0.25, 0.3) is 11.0 Å². The van der Waals surface area contributed by atoms with Crippen molar-refractivity contribution in [1.82, 2.24) is 14.2 Å². The van der Waals surface area contributed by atoms with Gasteiger partial charge in [0.1, 0.15) is 11.0 Å². The Balaban J connectivity index is 2.10. The first-order chi connectivity index (χ1) is 8.65. The van der Waals surface area contributed by atoms with E-state index in [0.717, 1.165) is 28.3 Å². The van der Waals surface area contributed by atoms with Gasteiger partial charge in [0, 0.05) is 0 Å². The average Bonchev–Trinajstić information content (AvgIpc) is 2.75. The molecule has 0 bridgehead atoms. The number of fused-ring (bicyclic) bond motifs is 1. The lowest BCUT2D eigenvalue weighted by molar-refractivity contribution is -0.525. The maximum atomic E-state index is 10.0. The molecular formula is C8H7N7O2S. The predicted molar refractivity (Wildman–Crippen MR) is 66.8 cm³/mol. The van der Waals surface area contributed by atoms with Crippen LogP contribution in [-0.4, -0.2) is 26.0 Å². The average molecular weight is 265 g/mol. The molecule has 9 nitrogen and oxygen atoms in total. The molecule has 0 unspecified atom stereocenters. The van der Waals surface area contributed by atoms with E-state index in [2.05, 4.69) is 18.9 Å². The van der Waals surface area contributed by atoms with Crippen LogP contribution in [-0.2, 0) is 0 Å². The molecule has 0 amide bonds. The quantitative estimate of drug-likeness (QED) is 0.350. The lowest BCUT2D eigenvalue weighted by Crippen LogP contribution is -2.35. The number of nitrogens with zero attached hydrogens (tertiary/aromatic N) is 5. The summed E-state index contributed by atoms with van der Waals surface area (Å²) in [5.74, 6) is -0.396. The van der Waals surface area contributed by atoms with Crippen molar-refractivity contribution < 1.29 is 5.03 Å². The van der Waals surface area contributed by atoms with Crippen LogP contribution in [0.2, 0.25) is 0 Å². The molecule has 0 fully saturated rings. The minimum absolute atomic E-state index is 0.396. The summed E-state index contributed by atoms with van der Waals surface area (Å²) >= 11 is 1.12. The lowest BCUT2D eigenvalue weighted by Gasteiger charge is -1.92. The zero-order chi connectivity index (χ0) is 13.0. The van der Waals surface area contributed by atoms with Crippen molar-refractivity contribution in [3.63, 3.8) is 0 Å². The van der Waals surface area contributed by atoms with Gasteiger partial charge in [-0.1, -0.05) is 11.5 Å². The number of benzene rings is 1. The smallest absolute Gasteiger partial charge is 0.275 e. The molecule has 18 heavy (non-hydrogen) atoms. The van der Waals surface area contributed by atoms with E-state index in [0.29, 0.717) is 0 Å². The maximum Gasteiger partial charge on any atom is 0.275 e. The molecule has 0 saturated carbocycles. The summed E-state index contributed by atoms with van der Waals surface area (Å²) in [6.45, 7) is 0. The van der Waals surface area contributed by atoms with Crippen LogP contribution in [0.4, 0.5) is 0 Å². The van der Waals surface area contributed by atoms with Gasteiger partial charge < -0.3 is 5.73 Å². The molecule has 0 aliphatic heterocycles. The molecule has 92 valence electrons. The number of rotatable bonds is 3. The summed E-state index contributed by atoms with van der Waals surface area (Å²) in [5, 5.41) is 16.2. The highest BCUT2D eigenvalue weighted by atomic mass is 32.1. The molecule has 1 aromatic carbocycles. The Morgan fingerprint density at radius 1 is 1.50 bits per heavy atom. The number of hydrogen-bond donors (Lipinski definition) is 2. The van der Waals surface area contributed by atoms with E-state index in [1.807, 2.05) is 0 Å². The molecule has 1 aromatic heterocycles. The Morgan fingerprint density at radius 3 is 3.06 bits per heavy atom. The third-order valence-corrected chi connectivity index (χ3v) is 2.41. The zero-order valence-corrected chi connectivity index (χ0v) is 9.66. The van der Waals surface area contributed by atoms with E-state index in [4.69, 9.17) is 5.73 Å². The largest absolute Gasteiger partial charge is 0.364 e.